The normalized spacial score (nSPS) is 15.2. The molecule has 0 radical (unpaired) electrons. The Bertz CT molecular complexity index is 635. The number of hydrogen-bond donors (Lipinski definition) is 1. The molecule has 0 aliphatic carbocycles. The van der Waals surface area contributed by atoms with Gasteiger partial charge >= 0.3 is 0 Å². The van der Waals surface area contributed by atoms with Crippen molar-refractivity contribution in [3.05, 3.63) is 18.2 Å². The lowest BCUT2D eigenvalue weighted by atomic mass is 10.1. The number of carbonyl (C=O) groups is 1. The van der Waals surface area contributed by atoms with Crippen LogP contribution in [-0.4, -0.2) is 42.5 Å². The van der Waals surface area contributed by atoms with E-state index in [0.29, 0.717) is 6.54 Å². The molecule has 5 nitrogen and oxygen atoms in total. The van der Waals surface area contributed by atoms with Gasteiger partial charge in [0.25, 0.3) is 0 Å². The number of aromatic nitrogens is 1. The number of nitrogens with one attached hydrogen (secondary N) is 1. The molecule has 21 heavy (non-hydrogen) atoms. The second kappa shape index (κ2) is 6.30. The van der Waals surface area contributed by atoms with E-state index in [4.69, 9.17) is 4.74 Å². The summed E-state index contributed by atoms with van der Waals surface area (Å²) < 4.78 is 6.26. The minimum atomic E-state index is 0.159. The van der Waals surface area contributed by atoms with E-state index in [9.17, 15) is 4.79 Å². The Morgan fingerprint density at radius 3 is 2.95 bits per heavy atom. The molecule has 3 rings (SSSR count). The van der Waals surface area contributed by atoms with Crippen molar-refractivity contribution in [3.8, 4) is 5.75 Å². The highest BCUT2D eigenvalue weighted by atomic mass is 32.1. The summed E-state index contributed by atoms with van der Waals surface area (Å²) in [5.41, 5.74) is 0.925. The van der Waals surface area contributed by atoms with Crippen LogP contribution in [0, 0.1) is 0 Å². The average molecular weight is 305 g/mol. The van der Waals surface area contributed by atoms with E-state index < -0.39 is 0 Å². The third-order valence-corrected chi connectivity index (χ3v) is 4.67. The van der Waals surface area contributed by atoms with Crippen LogP contribution in [0.25, 0.3) is 10.2 Å². The second-order valence-electron chi connectivity index (χ2n) is 5.15. The predicted molar refractivity (Wildman–Crippen MR) is 85.1 cm³/mol. The Balaban J connectivity index is 1.63. The van der Waals surface area contributed by atoms with Crippen LogP contribution in [0.5, 0.6) is 5.75 Å². The molecule has 1 aliphatic rings. The molecule has 6 heteroatoms. The lowest BCUT2D eigenvalue weighted by Gasteiger charge is -2.26. The van der Waals surface area contributed by atoms with E-state index in [0.717, 1.165) is 47.0 Å². The van der Waals surface area contributed by atoms with Gasteiger partial charge in [-0.25, -0.2) is 4.98 Å². The predicted octanol–water partition coefficient (Wildman–Crippen LogP) is 2.73. The third-order valence-electron chi connectivity index (χ3n) is 3.70. The molecule has 2 aromatic rings. The lowest BCUT2D eigenvalue weighted by Crippen LogP contribution is -2.39. The molecule has 1 fully saturated rings. The number of hydrogen-bond acceptors (Lipinski definition) is 5. The lowest BCUT2D eigenvalue weighted by molar-refractivity contribution is -0.130. The fourth-order valence-corrected chi connectivity index (χ4v) is 3.40. The zero-order valence-electron chi connectivity index (χ0n) is 12.1. The highest BCUT2D eigenvalue weighted by Gasteiger charge is 2.16. The number of methoxy groups -OCH3 is 1. The quantitative estimate of drug-likeness (QED) is 0.943. The molecule has 0 atom stereocenters. The number of carbonyl (C=O) groups excluding carboxylic acids is 1. The molecule has 0 unspecified atom stereocenters. The van der Waals surface area contributed by atoms with Gasteiger partial charge in [0.1, 0.15) is 5.75 Å². The first-order chi connectivity index (χ1) is 10.3. The van der Waals surface area contributed by atoms with E-state index in [2.05, 4.69) is 10.3 Å². The van der Waals surface area contributed by atoms with Gasteiger partial charge in [-0.1, -0.05) is 11.3 Å². The molecule has 112 valence electrons. The first-order valence-electron chi connectivity index (χ1n) is 7.22. The van der Waals surface area contributed by atoms with Crippen LogP contribution in [-0.2, 0) is 4.79 Å². The largest absolute Gasteiger partial charge is 0.497 e. The van der Waals surface area contributed by atoms with Crippen LogP contribution in [0.4, 0.5) is 5.13 Å². The zero-order chi connectivity index (χ0) is 14.7. The molecule has 0 bridgehead atoms. The van der Waals surface area contributed by atoms with Gasteiger partial charge in [-0.15, -0.1) is 0 Å². The number of rotatable bonds is 4. The van der Waals surface area contributed by atoms with E-state index in [1.807, 2.05) is 23.1 Å². The minimum Gasteiger partial charge on any atom is -0.497 e. The SMILES string of the molecule is COc1ccc2nc(NCC(=O)N3CCCCC3)sc2c1. The number of nitrogens with zero attached hydrogens (tertiary/aromatic N) is 2. The van der Waals surface area contributed by atoms with Crippen molar-refractivity contribution >= 4 is 32.6 Å². The first-order valence-corrected chi connectivity index (χ1v) is 8.04. The molecule has 1 aromatic heterocycles. The smallest absolute Gasteiger partial charge is 0.241 e. The monoisotopic (exact) mass is 305 g/mol. The number of fused-ring (bicyclic) bond motifs is 1. The Morgan fingerprint density at radius 1 is 1.38 bits per heavy atom. The summed E-state index contributed by atoms with van der Waals surface area (Å²) in [6, 6.07) is 5.79. The van der Waals surface area contributed by atoms with Crippen LogP contribution in [0.2, 0.25) is 0 Å². The number of piperidine rings is 1. The van der Waals surface area contributed by atoms with Crippen molar-refractivity contribution in [2.24, 2.45) is 0 Å². The highest BCUT2D eigenvalue weighted by molar-refractivity contribution is 7.22. The van der Waals surface area contributed by atoms with Crippen molar-refractivity contribution in [1.82, 2.24) is 9.88 Å². The summed E-state index contributed by atoms with van der Waals surface area (Å²) in [6.45, 7) is 2.09. The van der Waals surface area contributed by atoms with Gasteiger partial charge < -0.3 is 15.0 Å². The molecular formula is C15H19N3O2S. The summed E-state index contributed by atoms with van der Waals surface area (Å²) in [6.07, 6.45) is 3.47. The topological polar surface area (TPSA) is 54.5 Å². The summed E-state index contributed by atoms with van der Waals surface area (Å²) in [4.78, 5) is 18.5. The zero-order valence-corrected chi connectivity index (χ0v) is 12.9. The van der Waals surface area contributed by atoms with Gasteiger partial charge in [0.2, 0.25) is 5.91 Å². The molecule has 1 amide bonds. The summed E-state index contributed by atoms with van der Waals surface area (Å²) in [5.74, 6) is 0.980. The Hall–Kier alpha value is -1.82. The van der Waals surface area contributed by atoms with Crippen molar-refractivity contribution in [2.45, 2.75) is 19.3 Å². The van der Waals surface area contributed by atoms with Crippen LogP contribution in [0.15, 0.2) is 18.2 Å². The first kappa shape index (κ1) is 14.1. The number of thiazole rings is 1. The van der Waals surface area contributed by atoms with Crippen LogP contribution in [0.1, 0.15) is 19.3 Å². The van der Waals surface area contributed by atoms with Gasteiger partial charge in [-0.2, -0.15) is 0 Å². The number of likely N-dealkylation sites (tertiary alicyclic amines) is 1. The van der Waals surface area contributed by atoms with Gasteiger partial charge in [-0.05, 0) is 37.5 Å². The highest BCUT2D eigenvalue weighted by Crippen LogP contribution is 2.29. The molecule has 1 saturated heterocycles. The fraction of sp³-hybridized carbons (Fsp3) is 0.467. The summed E-state index contributed by atoms with van der Waals surface area (Å²) in [5, 5.41) is 3.93. The maximum absolute atomic E-state index is 12.1. The molecular weight excluding hydrogens is 286 g/mol. The Labute approximate surface area is 127 Å². The maximum atomic E-state index is 12.1. The molecule has 0 saturated carbocycles. The standard InChI is InChI=1S/C15H19N3O2S/c1-20-11-5-6-12-13(9-11)21-15(17-12)16-10-14(19)18-7-3-2-4-8-18/h5-6,9H,2-4,7-8,10H2,1H3,(H,16,17). The maximum Gasteiger partial charge on any atom is 0.241 e. The molecule has 2 heterocycles. The number of anilines is 1. The van der Waals surface area contributed by atoms with Crippen molar-refractivity contribution < 1.29 is 9.53 Å². The van der Waals surface area contributed by atoms with Crippen LogP contribution < -0.4 is 10.1 Å². The Morgan fingerprint density at radius 2 is 2.19 bits per heavy atom. The van der Waals surface area contributed by atoms with E-state index in [-0.39, 0.29) is 5.91 Å². The fourth-order valence-electron chi connectivity index (χ4n) is 2.51. The summed E-state index contributed by atoms with van der Waals surface area (Å²) >= 11 is 1.54. The van der Waals surface area contributed by atoms with Crippen molar-refractivity contribution in [2.75, 3.05) is 32.1 Å². The van der Waals surface area contributed by atoms with Crippen LogP contribution >= 0.6 is 11.3 Å². The number of amides is 1. The Kier molecular flexibility index (Phi) is 4.24. The molecule has 0 spiro atoms. The van der Waals surface area contributed by atoms with E-state index >= 15 is 0 Å². The van der Waals surface area contributed by atoms with Gasteiger partial charge in [-0.3, -0.25) is 4.79 Å². The van der Waals surface area contributed by atoms with Gasteiger partial charge in [0, 0.05) is 13.1 Å². The summed E-state index contributed by atoms with van der Waals surface area (Å²) in [7, 11) is 1.65. The minimum absolute atomic E-state index is 0.159. The van der Waals surface area contributed by atoms with Crippen molar-refractivity contribution in [1.29, 1.82) is 0 Å². The average Bonchev–Trinajstić information content (AvgIpc) is 2.95. The molecule has 1 aliphatic heterocycles. The molecule has 1 aromatic carbocycles. The van der Waals surface area contributed by atoms with Crippen LogP contribution in [0.3, 0.4) is 0 Å². The van der Waals surface area contributed by atoms with Gasteiger partial charge in [0.15, 0.2) is 5.13 Å². The third kappa shape index (κ3) is 3.26. The van der Waals surface area contributed by atoms with E-state index in [1.54, 1.807) is 18.4 Å². The molecule has 1 N–H and O–H groups in total. The number of benzene rings is 1. The van der Waals surface area contributed by atoms with E-state index in [1.165, 1.54) is 6.42 Å². The number of ether oxygens (including phenoxy) is 1. The van der Waals surface area contributed by atoms with Crippen molar-refractivity contribution in [3.63, 3.8) is 0 Å². The van der Waals surface area contributed by atoms with Gasteiger partial charge in [0.05, 0.1) is 23.9 Å². The second-order valence-corrected chi connectivity index (χ2v) is 6.18.